The van der Waals surface area contributed by atoms with Gasteiger partial charge in [-0.2, -0.15) is 149 Å². The van der Waals surface area contributed by atoms with Crippen molar-refractivity contribution in [3.8, 4) is 0 Å². The predicted molar refractivity (Wildman–Crippen MR) is 112 cm³/mol. The normalized spacial score (nSPS) is 16.9. The second-order valence-corrected chi connectivity index (χ2v) is 14.2. The molecule has 0 saturated carbocycles. The topological polar surface area (TPSA) is 0 Å². The molecule has 0 spiro atoms. The van der Waals surface area contributed by atoms with E-state index in [0.717, 1.165) is 0 Å². The monoisotopic (exact) mass is 937 g/mol. The zero-order valence-corrected chi connectivity index (χ0v) is 26.2. The summed E-state index contributed by atoms with van der Waals surface area (Å²) in [5.41, 5.74) is 0. The average Bonchev–Trinajstić information content (AvgIpc) is 2.96. The van der Waals surface area contributed by atoms with Gasteiger partial charge in [-0.25, -0.2) is 0 Å². The van der Waals surface area contributed by atoms with Crippen LogP contribution in [0.4, 0.5) is 149 Å². The smallest absolute Gasteiger partial charge is 0.200 e. The van der Waals surface area contributed by atoms with E-state index < -0.39 is 129 Å². The predicted octanol–water partition coefficient (Wildman–Crippen LogP) is 12.9. The van der Waals surface area contributed by atoms with Gasteiger partial charge in [-0.05, 0) is 0 Å². The van der Waals surface area contributed by atoms with Gasteiger partial charge in [0.15, 0.2) is 0 Å². The van der Waals surface area contributed by atoms with Crippen LogP contribution in [0.5, 0.6) is 0 Å². The van der Waals surface area contributed by atoms with Gasteiger partial charge in [0.25, 0.3) is 0 Å². The molecule has 0 bridgehead atoms. The van der Waals surface area contributed by atoms with Crippen molar-refractivity contribution >= 4 is 8.80 Å². The highest BCUT2D eigenvalue weighted by Gasteiger charge is 2.96. The minimum absolute atomic E-state index is 0.00839. The summed E-state index contributed by atoms with van der Waals surface area (Å²) in [6.45, 7) is 0.00839. The van der Waals surface area contributed by atoms with Crippen LogP contribution >= 0.6 is 0 Å². The Balaban J connectivity index is 6.49. The molecule has 0 rings (SSSR count). The van der Waals surface area contributed by atoms with Gasteiger partial charge in [-0.3, -0.25) is 0 Å². The fourth-order valence-corrected chi connectivity index (χ4v) is 5.30. The Hall–Kier alpha value is -2.16. The van der Waals surface area contributed by atoms with E-state index in [2.05, 4.69) is 0 Å². The Kier molecular flexibility index (Phi) is 13.4. The molecule has 0 fully saturated rings. The highest BCUT2D eigenvalue weighted by atomic mass is 28.3. The molecule has 35 heteroatoms. The molecular formula is C21H11F34Si. The third-order valence-corrected chi connectivity index (χ3v) is 9.51. The van der Waals surface area contributed by atoms with Crippen molar-refractivity contribution in [1.29, 1.82) is 0 Å². The van der Waals surface area contributed by atoms with Crippen molar-refractivity contribution in [3.05, 3.63) is 0 Å². The van der Waals surface area contributed by atoms with Gasteiger partial charge < -0.3 is 0 Å². The minimum Gasteiger partial charge on any atom is -0.200 e. The number of hydrogen-bond acceptors (Lipinski definition) is 0. The molecule has 0 aliphatic heterocycles. The highest BCUT2D eigenvalue weighted by molar-refractivity contribution is 6.57. The second-order valence-electron chi connectivity index (χ2n) is 11.3. The van der Waals surface area contributed by atoms with Crippen molar-refractivity contribution in [3.63, 3.8) is 0 Å². The van der Waals surface area contributed by atoms with Crippen LogP contribution in [-0.2, 0) is 0 Å². The molecule has 0 unspecified atom stereocenters. The first-order valence-electron chi connectivity index (χ1n) is 12.8. The number of halogens is 34. The van der Waals surface area contributed by atoms with Gasteiger partial charge in [0, 0.05) is 21.6 Å². The van der Waals surface area contributed by atoms with Crippen molar-refractivity contribution in [2.45, 2.75) is 127 Å². The van der Waals surface area contributed by atoms with E-state index in [9.17, 15) is 149 Å². The molecule has 0 saturated heterocycles. The lowest BCUT2D eigenvalue weighted by Crippen LogP contribution is -2.74. The molecule has 0 aromatic carbocycles. The maximum Gasteiger partial charge on any atom is 0.460 e. The van der Waals surface area contributed by atoms with E-state index in [0.29, 0.717) is 0 Å². The molecule has 0 N–H and O–H groups in total. The first-order valence-corrected chi connectivity index (χ1v) is 15.3. The maximum absolute atomic E-state index is 14.0. The van der Waals surface area contributed by atoms with Gasteiger partial charge in [0.2, 0.25) is 0 Å². The molecule has 0 aliphatic rings. The summed E-state index contributed by atoms with van der Waals surface area (Å²) in [6, 6.07) is -4.70. The highest BCUT2D eigenvalue weighted by Crippen LogP contribution is 2.66. The molecule has 0 aliphatic carbocycles. The molecule has 0 nitrogen and oxygen atoms in total. The zero-order valence-electron chi connectivity index (χ0n) is 25.2. The van der Waals surface area contributed by atoms with Crippen LogP contribution in [0.1, 0.15) is 12.8 Å². The van der Waals surface area contributed by atoms with Crippen molar-refractivity contribution in [1.82, 2.24) is 0 Å². The summed E-state index contributed by atoms with van der Waals surface area (Å²) in [7, 11) is -3.98. The largest absolute Gasteiger partial charge is 0.460 e. The van der Waals surface area contributed by atoms with E-state index in [4.69, 9.17) is 0 Å². The molecule has 0 aromatic heterocycles. The molecular weight excluding hydrogens is 926 g/mol. The third-order valence-electron chi connectivity index (χ3n) is 7.31. The maximum atomic E-state index is 14.0. The van der Waals surface area contributed by atoms with E-state index in [1.165, 1.54) is 0 Å². The number of hydrogen-bond donors (Lipinski definition) is 0. The molecule has 1 radical (unpaired) electrons. The van der Waals surface area contributed by atoms with Crippen molar-refractivity contribution in [2.24, 2.45) is 0 Å². The first-order chi connectivity index (χ1) is 23.6. The van der Waals surface area contributed by atoms with E-state index in [1.807, 2.05) is 0 Å². The molecule has 0 heterocycles. The van der Waals surface area contributed by atoms with Crippen LogP contribution in [0.25, 0.3) is 0 Å². The molecule has 0 amide bonds. The Labute approximate surface area is 286 Å². The third kappa shape index (κ3) is 7.26. The summed E-state index contributed by atoms with van der Waals surface area (Å²) >= 11 is 0. The fourth-order valence-electron chi connectivity index (χ4n) is 3.57. The Morgan fingerprint density at radius 1 is 0.232 bits per heavy atom. The van der Waals surface area contributed by atoms with Gasteiger partial charge in [0.1, 0.15) is 0 Å². The lowest BCUT2D eigenvalue weighted by molar-refractivity contribution is -0.461. The Morgan fingerprint density at radius 2 is 0.375 bits per heavy atom. The van der Waals surface area contributed by atoms with E-state index in [1.54, 1.807) is 0 Å². The summed E-state index contributed by atoms with van der Waals surface area (Å²) in [4.78, 5) is 0. The quantitative estimate of drug-likeness (QED) is 0.0949. The van der Waals surface area contributed by atoms with Gasteiger partial charge in [-0.1, -0.05) is 18.6 Å². The average molecular weight is 937 g/mol. The van der Waals surface area contributed by atoms with Gasteiger partial charge in [0.05, 0.1) is 0 Å². The number of rotatable bonds is 18. The van der Waals surface area contributed by atoms with Crippen molar-refractivity contribution in [2.75, 3.05) is 0 Å². The van der Waals surface area contributed by atoms with E-state index in [-0.39, 0.29) is 6.55 Å². The van der Waals surface area contributed by atoms with Crippen LogP contribution in [-0.4, -0.2) is 104 Å². The molecule has 0 atom stereocenters. The lowest BCUT2D eigenvalue weighted by Gasteiger charge is -2.43. The van der Waals surface area contributed by atoms with Crippen LogP contribution in [0.15, 0.2) is 0 Å². The summed E-state index contributed by atoms with van der Waals surface area (Å²) < 4.78 is 452. The van der Waals surface area contributed by atoms with Gasteiger partial charge in [-0.15, -0.1) is 0 Å². The van der Waals surface area contributed by atoms with Crippen LogP contribution in [0.2, 0.25) is 18.6 Å². The summed E-state index contributed by atoms with van der Waals surface area (Å²) in [6.07, 6.45) is -23.0. The number of alkyl halides is 34. The van der Waals surface area contributed by atoms with Crippen LogP contribution in [0, 0.1) is 0 Å². The zero-order chi connectivity index (χ0) is 46.4. The van der Waals surface area contributed by atoms with E-state index >= 15 is 0 Å². The summed E-state index contributed by atoms with van der Waals surface area (Å²) in [5, 5.41) is 0. The molecule has 337 valence electrons. The SMILES string of the molecule is C[Si](CCC(F)(F)C(F)(F)C(F)(F)C(F)(F)C(F)(F)C(F)(F)C(F)(F)C(F)(F)F)CCC(F)(F)C(F)(F)C(F)(F)C(F)(F)C(F)(F)C(F)(F)C(F)(F)C(F)(F)F. The van der Waals surface area contributed by atoms with Crippen LogP contribution < -0.4 is 0 Å². The minimum atomic E-state index is -9.06. The first kappa shape index (κ1) is 53.8. The van der Waals surface area contributed by atoms with Crippen molar-refractivity contribution < 1.29 is 149 Å². The Bertz CT molecular complexity index is 1260. The standard InChI is InChI=1S/C21H11F34Si/c1-56(4-2-6(22,23)8(26,27)10(30,31)12(34,35)14(38,39)16(42,43)18(46,47)20(50,51)52)5-3-7(24,25)9(28,29)11(32,33)13(36,37)15(40,41)17(44,45)19(48,49)21(53,54)55/h2-5H2,1H3. The summed E-state index contributed by atoms with van der Waals surface area (Å²) in [5.74, 6) is -120. The molecule has 0 aromatic rings. The molecule has 56 heavy (non-hydrogen) atoms. The second kappa shape index (κ2) is 14.0. The van der Waals surface area contributed by atoms with Crippen LogP contribution in [0.3, 0.4) is 0 Å². The van der Waals surface area contributed by atoms with Gasteiger partial charge >= 0.3 is 95.3 Å². The Morgan fingerprint density at radius 3 is 0.536 bits per heavy atom. The lowest BCUT2D eigenvalue weighted by atomic mass is 9.88. The fraction of sp³-hybridized carbons (Fsp3) is 1.00.